The van der Waals surface area contributed by atoms with Gasteiger partial charge in [-0.25, -0.2) is 15.4 Å². The first-order valence-electron chi connectivity index (χ1n) is 7.51. The third-order valence-corrected chi connectivity index (χ3v) is 4.16. The second-order valence-corrected chi connectivity index (χ2v) is 6.24. The lowest BCUT2D eigenvalue weighted by molar-refractivity contribution is -0.141. The molecule has 0 aliphatic rings. The number of aromatic nitrogens is 2. The van der Waals surface area contributed by atoms with Crippen molar-refractivity contribution in [3.63, 3.8) is 0 Å². The predicted octanol–water partition coefficient (Wildman–Crippen LogP) is 4.82. The Bertz CT molecular complexity index is 972. The van der Waals surface area contributed by atoms with Gasteiger partial charge in [-0.2, -0.15) is 22.7 Å². The standard InChI is InChI=1S/C17H12F4N4OS/c1-26-13-5-3-2-4-11(13)12-8-14(17(19,20)21)24-16(23-12)25-22-9-10-6-7-15(18)27-10/h2-9H,1H3,(H,23,24,25)/b22-9+. The van der Waals surface area contributed by atoms with E-state index in [0.29, 0.717) is 16.2 Å². The Morgan fingerprint density at radius 2 is 1.93 bits per heavy atom. The summed E-state index contributed by atoms with van der Waals surface area (Å²) in [7, 11) is 1.41. The van der Waals surface area contributed by atoms with Gasteiger partial charge in [0.15, 0.2) is 10.8 Å². The number of thiophene rings is 1. The molecule has 0 saturated heterocycles. The highest BCUT2D eigenvalue weighted by molar-refractivity contribution is 7.12. The summed E-state index contributed by atoms with van der Waals surface area (Å²) in [5, 5.41) is 3.37. The molecule has 0 unspecified atom stereocenters. The number of benzene rings is 1. The van der Waals surface area contributed by atoms with Gasteiger partial charge in [-0.1, -0.05) is 12.1 Å². The molecule has 1 N–H and O–H groups in total. The fourth-order valence-corrected chi connectivity index (χ4v) is 2.79. The van der Waals surface area contributed by atoms with Crippen molar-refractivity contribution < 1.29 is 22.3 Å². The van der Waals surface area contributed by atoms with E-state index in [0.717, 1.165) is 17.4 Å². The molecule has 140 valence electrons. The van der Waals surface area contributed by atoms with Crippen LogP contribution >= 0.6 is 11.3 Å². The fraction of sp³-hybridized carbons (Fsp3) is 0.118. The molecule has 2 aromatic heterocycles. The quantitative estimate of drug-likeness (QED) is 0.382. The monoisotopic (exact) mass is 396 g/mol. The van der Waals surface area contributed by atoms with Gasteiger partial charge in [0.05, 0.1) is 23.9 Å². The van der Waals surface area contributed by atoms with Crippen molar-refractivity contribution in [2.24, 2.45) is 5.10 Å². The largest absolute Gasteiger partial charge is 0.496 e. The summed E-state index contributed by atoms with van der Waals surface area (Å²) in [5.41, 5.74) is 1.62. The van der Waals surface area contributed by atoms with Crippen molar-refractivity contribution in [3.05, 3.63) is 58.2 Å². The molecule has 27 heavy (non-hydrogen) atoms. The van der Waals surface area contributed by atoms with Crippen LogP contribution in [0.3, 0.4) is 0 Å². The van der Waals surface area contributed by atoms with Gasteiger partial charge in [0.25, 0.3) is 0 Å². The molecule has 0 fully saturated rings. The molecule has 0 radical (unpaired) electrons. The highest BCUT2D eigenvalue weighted by Crippen LogP contribution is 2.34. The van der Waals surface area contributed by atoms with Gasteiger partial charge in [-0.05, 0) is 30.3 Å². The van der Waals surface area contributed by atoms with Gasteiger partial charge >= 0.3 is 6.18 Å². The van der Waals surface area contributed by atoms with Gasteiger partial charge in [-0.3, -0.25) is 0 Å². The van der Waals surface area contributed by atoms with Crippen molar-refractivity contribution in [3.8, 4) is 17.0 Å². The minimum Gasteiger partial charge on any atom is -0.496 e. The number of nitrogens with zero attached hydrogens (tertiary/aromatic N) is 3. The molecule has 0 aliphatic heterocycles. The molecule has 10 heteroatoms. The zero-order valence-corrected chi connectivity index (χ0v) is 14.6. The highest BCUT2D eigenvalue weighted by atomic mass is 32.1. The minimum atomic E-state index is -4.67. The van der Waals surface area contributed by atoms with E-state index in [1.54, 1.807) is 24.3 Å². The van der Waals surface area contributed by atoms with E-state index in [1.807, 2.05) is 0 Å². The molecule has 0 spiro atoms. The molecular weight excluding hydrogens is 384 g/mol. The second-order valence-electron chi connectivity index (χ2n) is 5.17. The Morgan fingerprint density at radius 1 is 1.15 bits per heavy atom. The maximum absolute atomic E-state index is 13.2. The number of methoxy groups -OCH3 is 1. The minimum absolute atomic E-state index is 0.0228. The maximum atomic E-state index is 13.2. The number of hydrogen-bond donors (Lipinski definition) is 1. The molecule has 1 aromatic carbocycles. The fourth-order valence-electron chi connectivity index (χ4n) is 2.19. The Kier molecular flexibility index (Phi) is 5.36. The third kappa shape index (κ3) is 4.59. The Hall–Kier alpha value is -3.01. The molecule has 0 saturated carbocycles. The van der Waals surface area contributed by atoms with E-state index in [9.17, 15) is 17.6 Å². The van der Waals surface area contributed by atoms with Crippen LogP contribution in [0.5, 0.6) is 5.75 Å². The van der Waals surface area contributed by atoms with E-state index in [-0.39, 0.29) is 11.6 Å². The zero-order valence-electron chi connectivity index (χ0n) is 13.8. The van der Waals surface area contributed by atoms with Gasteiger partial charge < -0.3 is 4.74 Å². The van der Waals surface area contributed by atoms with E-state index >= 15 is 0 Å². The lowest BCUT2D eigenvalue weighted by atomic mass is 10.1. The first-order chi connectivity index (χ1) is 12.9. The van der Waals surface area contributed by atoms with Crippen LogP contribution in [0.4, 0.5) is 23.5 Å². The van der Waals surface area contributed by atoms with Crippen molar-refractivity contribution in [2.45, 2.75) is 6.18 Å². The van der Waals surface area contributed by atoms with Crippen molar-refractivity contribution in [1.29, 1.82) is 0 Å². The first kappa shape index (κ1) is 18.8. The Balaban J connectivity index is 1.97. The summed E-state index contributed by atoms with van der Waals surface area (Å²) < 4.78 is 57.8. The van der Waals surface area contributed by atoms with E-state index in [2.05, 4.69) is 20.5 Å². The lowest BCUT2D eigenvalue weighted by Crippen LogP contribution is -2.11. The molecule has 5 nitrogen and oxygen atoms in total. The number of nitrogens with one attached hydrogen (secondary N) is 1. The highest BCUT2D eigenvalue weighted by Gasteiger charge is 2.34. The molecule has 0 aliphatic carbocycles. The van der Waals surface area contributed by atoms with Crippen molar-refractivity contribution in [2.75, 3.05) is 12.5 Å². The van der Waals surface area contributed by atoms with Crippen LogP contribution in [-0.4, -0.2) is 23.3 Å². The Morgan fingerprint density at radius 3 is 2.59 bits per heavy atom. The summed E-state index contributed by atoms with van der Waals surface area (Å²) in [4.78, 5) is 8.01. The van der Waals surface area contributed by atoms with Crippen molar-refractivity contribution in [1.82, 2.24) is 9.97 Å². The van der Waals surface area contributed by atoms with Crippen LogP contribution in [0.25, 0.3) is 11.3 Å². The van der Waals surface area contributed by atoms with E-state index in [1.165, 1.54) is 25.5 Å². The van der Waals surface area contributed by atoms with Crippen LogP contribution in [0.1, 0.15) is 10.6 Å². The molecule has 0 bridgehead atoms. The first-order valence-corrected chi connectivity index (χ1v) is 8.32. The molecule has 2 heterocycles. The molecule has 0 atom stereocenters. The summed E-state index contributed by atoms with van der Waals surface area (Å²) in [6.07, 6.45) is -3.41. The summed E-state index contributed by atoms with van der Waals surface area (Å²) >= 11 is 0.842. The van der Waals surface area contributed by atoms with E-state index < -0.39 is 17.0 Å². The number of rotatable bonds is 5. The van der Waals surface area contributed by atoms with Crippen LogP contribution in [0, 0.1) is 5.13 Å². The number of ether oxygens (including phenoxy) is 1. The van der Waals surface area contributed by atoms with Crippen LogP contribution in [-0.2, 0) is 6.18 Å². The van der Waals surface area contributed by atoms with Crippen molar-refractivity contribution >= 4 is 23.5 Å². The molecular formula is C17H12F4N4OS. The van der Waals surface area contributed by atoms with Crippen LogP contribution < -0.4 is 10.2 Å². The van der Waals surface area contributed by atoms with Gasteiger partial charge in [-0.15, -0.1) is 11.3 Å². The molecule has 3 aromatic rings. The number of halogens is 4. The summed E-state index contributed by atoms with van der Waals surface area (Å²) in [6.45, 7) is 0. The smallest absolute Gasteiger partial charge is 0.433 e. The average molecular weight is 396 g/mol. The van der Waals surface area contributed by atoms with Crippen LogP contribution in [0.15, 0.2) is 47.6 Å². The second kappa shape index (κ2) is 7.70. The number of hydrazone groups is 1. The summed E-state index contributed by atoms with van der Waals surface area (Å²) in [6, 6.07) is 10.1. The molecule has 3 rings (SSSR count). The number of hydrogen-bond acceptors (Lipinski definition) is 6. The Labute approximate surface area is 155 Å². The normalized spacial score (nSPS) is 11.7. The van der Waals surface area contributed by atoms with Gasteiger partial charge in [0.1, 0.15) is 5.75 Å². The third-order valence-electron chi connectivity index (χ3n) is 3.35. The zero-order chi connectivity index (χ0) is 19.4. The van der Waals surface area contributed by atoms with Gasteiger partial charge in [0, 0.05) is 5.56 Å². The van der Waals surface area contributed by atoms with E-state index in [4.69, 9.17) is 4.74 Å². The predicted molar refractivity (Wildman–Crippen MR) is 94.5 cm³/mol. The van der Waals surface area contributed by atoms with Gasteiger partial charge in [0.2, 0.25) is 5.95 Å². The topological polar surface area (TPSA) is 59.4 Å². The SMILES string of the molecule is COc1ccccc1-c1cc(C(F)(F)F)nc(N/N=C/c2ccc(F)s2)n1. The maximum Gasteiger partial charge on any atom is 0.433 e. The number of alkyl halides is 3. The summed E-state index contributed by atoms with van der Waals surface area (Å²) in [5.74, 6) is 0.0202. The van der Waals surface area contributed by atoms with Crippen LogP contribution in [0.2, 0.25) is 0 Å². The number of anilines is 1. The lowest BCUT2D eigenvalue weighted by Gasteiger charge is -2.12. The number of para-hydroxylation sites is 1. The average Bonchev–Trinajstić information content (AvgIpc) is 3.06. The molecule has 0 amide bonds.